The Bertz CT molecular complexity index is 1230. The number of non-ortho nitro benzene ring substituents is 1. The maximum atomic E-state index is 13.1. The SMILES string of the molecule is Cc1ccccc1/C=N/N=C1\S/C(=C\c2ccc([N+](=O)[O-])cc2)C(=O)N1Cc1ccco1. The summed E-state index contributed by atoms with van der Waals surface area (Å²) in [6.45, 7) is 2.20. The number of thioether (sulfide) groups is 1. The van der Waals surface area contributed by atoms with Crippen LogP contribution in [-0.4, -0.2) is 27.1 Å². The van der Waals surface area contributed by atoms with Crippen molar-refractivity contribution >= 4 is 40.8 Å². The summed E-state index contributed by atoms with van der Waals surface area (Å²) in [6.07, 6.45) is 4.87. The number of amidine groups is 1. The summed E-state index contributed by atoms with van der Waals surface area (Å²) in [4.78, 5) is 25.4. The van der Waals surface area contributed by atoms with Crippen LogP contribution >= 0.6 is 11.8 Å². The Morgan fingerprint density at radius 3 is 2.59 bits per heavy atom. The first-order chi connectivity index (χ1) is 15.5. The van der Waals surface area contributed by atoms with E-state index >= 15 is 0 Å². The Labute approximate surface area is 188 Å². The molecule has 0 N–H and O–H groups in total. The summed E-state index contributed by atoms with van der Waals surface area (Å²) in [7, 11) is 0. The number of furan rings is 1. The van der Waals surface area contributed by atoms with Gasteiger partial charge >= 0.3 is 0 Å². The summed E-state index contributed by atoms with van der Waals surface area (Å²) in [5.74, 6) is 0.376. The zero-order valence-corrected chi connectivity index (χ0v) is 17.9. The number of carbonyl (C=O) groups excluding carboxylic acids is 1. The third-order valence-corrected chi connectivity index (χ3v) is 5.71. The molecule has 0 bridgehead atoms. The molecule has 4 rings (SSSR count). The lowest BCUT2D eigenvalue weighted by atomic mass is 10.1. The summed E-state index contributed by atoms with van der Waals surface area (Å²) in [5, 5.41) is 19.7. The van der Waals surface area contributed by atoms with Crippen LogP contribution < -0.4 is 0 Å². The predicted molar refractivity (Wildman–Crippen MR) is 124 cm³/mol. The van der Waals surface area contributed by atoms with Gasteiger partial charge in [0.05, 0.1) is 28.9 Å². The largest absolute Gasteiger partial charge is 0.467 e. The molecule has 3 aromatic rings. The Morgan fingerprint density at radius 2 is 1.91 bits per heavy atom. The normalized spacial score (nSPS) is 16.5. The van der Waals surface area contributed by atoms with E-state index in [1.165, 1.54) is 28.8 Å². The van der Waals surface area contributed by atoms with Gasteiger partial charge in [0.1, 0.15) is 5.76 Å². The lowest BCUT2D eigenvalue weighted by Gasteiger charge is -2.12. The first kappa shape index (κ1) is 21.3. The van der Waals surface area contributed by atoms with Crippen LogP contribution in [0.25, 0.3) is 6.08 Å². The number of carbonyl (C=O) groups is 1. The highest BCUT2D eigenvalue weighted by Gasteiger charge is 2.34. The fraction of sp³-hybridized carbons (Fsp3) is 0.0870. The molecule has 0 saturated carbocycles. The first-order valence-corrected chi connectivity index (χ1v) is 10.5. The number of hydrogen-bond acceptors (Lipinski definition) is 7. The molecule has 0 unspecified atom stereocenters. The van der Waals surface area contributed by atoms with Crippen molar-refractivity contribution in [2.24, 2.45) is 10.2 Å². The lowest BCUT2D eigenvalue weighted by molar-refractivity contribution is -0.384. The fourth-order valence-corrected chi connectivity index (χ4v) is 3.93. The maximum absolute atomic E-state index is 13.1. The number of benzene rings is 2. The van der Waals surface area contributed by atoms with Crippen molar-refractivity contribution in [1.29, 1.82) is 0 Å². The van der Waals surface area contributed by atoms with Gasteiger partial charge in [-0.3, -0.25) is 19.8 Å². The highest BCUT2D eigenvalue weighted by Crippen LogP contribution is 2.34. The second-order valence-electron chi connectivity index (χ2n) is 6.91. The van der Waals surface area contributed by atoms with E-state index in [9.17, 15) is 14.9 Å². The van der Waals surface area contributed by atoms with E-state index in [0.717, 1.165) is 11.1 Å². The molecule has 1 fully saturated rings. The van der Waals surface area contributed by atoms with E-state index in [2.05, 4.69) is 10.2 Å². The highest BCUT2D eigenvalue weighted by atomic mass is 32.2. The summed E-state index contributed by atoms with van der Waals surface area (Å²) in [6, 6.07) is 17.3. The average molecular weight is 446 g/mol. The van der Waals surface area contributed by atoms with Crippen LogP contribution in [0.1, 0.15) is 22.5 Å². The second kappa shape index (κ2) is 9.44. The highest BCUT2D eigenvalue weighted by molar-refractivity contribution is 8.18. The average Bonchev–Trinajstić information content (AvgIpc) is 3.40. The molecule has 160 valence electrons. The van der Waals surface area contributed by atoms with Gasteiger partial charge in [0.15, 0.2) is 5.17 Å². The maximum Gasteiger partial charge on any atom is 0.269 e. The van der Waals surface area contributed by atoms with Crippen molar-refractivity contribution in [3.63, 3.8) is 0 Å². The van der Waals surface area contributed by atoms with Crippen LogP contribution in [0.3, 0.4) is 0 Å². The van der Waals surface area contributed by atoms with Crippen LogP contribution in [0, 0.1) is 17.0 Å². The molecule has 2 aromatic carbocycles. The van der Waals surface area contributed by atoms with Crippen molar-refractivity contribution in [3.8, 4) is 0 Å². The van der Waals surface area contributed by atoms with E-state index in [0.29, 0.717) is 21.4 Å². The van der Waals surface area contributed by atoms with E-state index < -0.39 is 4.92 Å². The Kier molecular flexibility index (Phi) is 6.27. The number of rotatable bonds is 6. The van der Waals surface area contributed by atoms with Gasteiger partial charge in [0.2, 0.25) is 0 Å². The number of nitro benzene ring substituents is 1. The van der Waals surface area contributed by atoms with Crippen molar-refractivity contribution in [3.05, 3.63) is 104 Å². The van der Waals surface area contributed by atoms with Crippen LogP contribution in [0.5, 0.6) is 0 Å². The van der Waals surface area contributed by atoms with Gasteiger partial charge in [-0.1, -0.05) is 24.3 Å². The fourth-order valence-electron chi connectivity index (χ4n) is 3.00. The smallest absolute Gasteiger partial charge is 0.269 e. The summed E-state index contributed by atoms with van der Waals surface area (Å²) >= 11 is 1.19. The molecule has 32 heavy (non-hydrogen) atoms. The number of amides is 1. The van der Waals surface area contributed by atoms with Crippen LogP contribution in [0.4, 0.5) is 5.69 Å². The van der Waals surface area contributed by atoms with Crippen LogP contribution in [0.2, 0.25) is 0 Å². The quantitative estimate of drug-likeness (QED) is 0.229. The Hall–Kier alpha value is -3.98. The van der Waals surface area contributed by atoms with Gasteiger partial charge in [-0.15, -0.1) is 5.10 Å². The van der Waals surface area contributed by atoms with Gasteiger partial charge in [-0.25, -0.2) is 0 Å². The monoisotopic (exact) mass is 446 g/mol. The summed E-state index contributed by atoms with van der Waals surface area (Å²) < 4.78 is 5.39. The lowest BCUT2D eigenvalue weighted by Crippen LogP contribution is -2.28. The molecule has 8 nitrogen and oxygen atoms in total. The van der Waals surface area contributed by atoms with E-state index in [4.69, 9.17) is 4.42 Å². The van der Waals surface area contributed by atoms with E-state index in [1.807, 2.05) is 31.2 Å². The second-order valence-corrected chi connectivity index (χ2v) is 7.92. The molecule has 0 atom stereocenters. The number of nitro groups is 1. The topological polar surface area (TPSA) is 101 Å². The molecule has 1 aromatic heterocycles. The molecular formula is C23H18N4O4S. The Balaban J connectivity index is 1.62. The molecule has 1 saturated heterocycles. The molecule has 0 radical (unpaired) electrons. The minimum Gasteiger partial charge on any atom is -0.467 e. The number of aryl methyl sites for hydroxylation is 1. The van der Waals surface area contributed by atoms with Gasteiger partial charge in [-0.2, -0.15) is 5.10 Å². The number of hydrogen-bond donors (Lipinski definition) is 0. The molecule has 1 amide bonds. The first-order valence-electron chi connectivity index (χ1n) is 9.66. The molecule has 9 heteroatoms. The van der Waals surface area contributed by atoms with E-state index in [1.54, 1.807) is 42.8 Å². The third-order valence-electron chi connectivity index (χ3n) is 4.71. The van der Waals surface area contributed by atoms with Crippen molar-refractivity contribution in [1.82, 2.24) is 4.90 Å². The van der Waals surface area contributed by atoms with Gasteiger partial charge in [0, 0.05) is 12.1 Å². The third kappa shape index (κ3) is 4.84. The van der Waals surface area contributed by atoms with Gasteiger partial charge < -0.3 is 4.42 Å². The van der Waals surface area contributed by atoms with Crippen LogP contribution in [-0.2, 0) is 11.3 Å². The molecular weight excluding hydrogens is 428 g/mol. The standard InChI is InChI=1S/C23H18N4O4S/c1-16-5-2-3-6-18(16)14-24-25-23-26(15-20-7-4-12-31-20)22(28)21(32-23)13-17-8-10-19(11-9-17)27(29)30/h2-14H,15H2,1H3/b21-13-,24-14+,25-23-. The minimum absolute atomic E-state index is 0.00945. The molecule has 0 spiro atoms. The molecule has 1 aliphatic rings. The number of nitrogens with zero attached hydrogens (tertiary/aromatic N) is 4. The van der Waals surface area contributed by atoms with Crippen molar-refractivity contribution in [2.75, 3.05) is 0 Å². The molecule has 1 aliphatic heterocycles. The van der Waals surface area contributed by atoms with Gasteiger partial charge in [-0.05, 0) is 65.7 Å². The molecule has 0 aliphatic carbocycles. The van der Waals surface area contributed by atoms with Gasteiger partial charge in [0.25, 0.3) is 11.6 Å². The van der Waals surface area contributed by atoms with E-state index in [-0.39, 0.29) is 18.1 Å². The molecule has 2 heterocycles. The zero-order chi connectivity index (χ0) is 22.5. The van der Waals surface area contributed by atoms with Crippen LogP contribution in [0.15, 0.2) is 86.5 Å². The van der Waals surface area contributed by atoms with Crippen molar-refractivity contribution < 1.29 is 14.1 Å². The Morgan fingerprint density at radius 1 is 1.12 bits per heavy atom. The van der Waals surface area contributed by atoms with Crippen molar-refractivity contribution in [2.45, 2.75) is 13.5 Å². The zero-order valence-electron chi connectivity index (χ0n) is 17.0. The summed E-state index contributed by atoms with van der Waals surface area (Å²) in [5.41, 5.74) is 2.67. The minimum atomic E-state index is -0.464. The predicted octanol–water partition coefficient (Wildman–Crippen LogP) is 5.00.